The molecule has 188 valence electrons. The van der Waals surface area contributed by atoms with Crippen molar-refractivity contribution in [1.82, 2.24) is 15.3 Å². The number of rotatable bonds is 7. The summed E-state index contributed by atoms with van der Waals surface area (Å²) in [6, 6.07) is 28.8. The number of nitrogens with one attached hydrogen (secondary N) is 1. The van der Waals surface area contributed by atoms with E-state index in [0.29, 0.717) is 17.3 Å². The summed E-state index contributed by atoms with van der Waals surface area (Å²) in [5, 5.41) is 3.16. The topological polar surface area (TPSA) is 58.1 Å². The molecule has 1 aliphatic heterocycles. The maximum absolute atomic E-state index is 13.5. The molecule has 0 bridgehead atoms. The van der Waals surface area contributed by atoms with Gasteiger partial charge in [0.1, 0.15) is 11.4 Å². The highest BCUT2D eigenvalue weighted by Crippen LogP contribution is 2.29. The van der Waals surface area contributed by atoms with Crippen molar-refractivity contribution in [3.05, 3.63) is 113 Å². The largest absolute Gasteiger partial charge is 0.356 e. The molecule has 4 aromatic rings. The van der Waals surface area contributed by atoms with E-state index in [1.807, 2.05) is 49.4 Å². The van der Waals surface area contributed by atoms with Gasteiger partial charge in [0.2, 0.25) is 0 Å². The summed E-state index contributed by atoms with van der Waals surface area (Å²) in [6.45, 7) is 5.81. The van der Waals surface area contributed by atoms with E-state index in [1.165, 1.54) is 5.56 Å². The Bertz CT molecular complexity index is 1330. The van der Waals surface area contributed by atoms with Gasteiger partial charge in [-0.25, -0.2) is 9.97 Å². The first-order valence-corrected chi connectivity index (χ1v) is 13.2. The molecule has 0 saturated carbocycles. The van der Waals surface area contributed by atoms with E-state index in [2.05, 4.69) is 64.6 Å². The van der Waals surface area contributed by atoms with Crippen LogP contribution in [0.15, 0.2) is 91.1 Å². The fourth-order valence-corrected chi connectivity index (χ4v) is 5.09. The number of piperidine rings is 1. The molecule has 1 N–H and O–H groups in total. The number of carbonyl (C=O) groups is 1. The predicted octanol–water partition coefficient (Wildman–Crippen LogP) is 6.40. The van der Waals surface area contributed by atoms with Crippen molar-refractivity contribution in [1.29, 1.82) is 0 Å². The number of aryl methyl sites for hydroxylation is 1. The number of amides is 1. The Labute approximate surface area is 219 Å². The zero-order valence-electron chi connectivity index (χ0n) is 21.6. The van der Waals surface area contributed by atoms with Crippen molar-refractivity contribution in [3.8, 4) is 11.4 Å². The van der Waals surface area contributed by atoms with E-state index in [9.17, 15) is 4.79 Å². The average molecular weight is 491 g/mol. The van der Waals surface area contributed by atoms with E-state index in [0.717, 1.165) is 54.9 Å². The lowest BCUT2D eigenvalue weighted by molar-refractivity contribution is 0.0939. The van der Waals surface area contributed by atoms with Gasteiger partial charge < -0.3 is 10.2 Å². The number of hydrogen-bond donors (Lipinski definition) is 1. The molecule has 5 nitrogen and oxygen atoms in total. The molecule has 5 heteroatoms. The maximum Gasteiger partial charge on any atom is 0.257 e. The Morgan fingerprint density at radius 1 is 0.973 bits per heavy atom. The first-order valence-electron chi connectivity index (χ1n) is 13.2. The molecular formula is C32H34N4O. The molecule has 0 radical (unpaired) electrons. The highest BCUT2D eigenvalue weighted by Gasteiger charge is 2.26. The van der Waals surface area contributed by atoms with Crippen molar-refractivity contribution in [3.63, 3.8) is 0 Å². The van der Waals surface area contributed by atoms with Crippen LogP contribution in [-0.2, 0) is 6.42 Å². The molecule has 1 fully saturated rings. The molecule has 2 heterocycles. The van der Waals surface area contributed by atoms with Crippen LogP contribution in [0, 0.1) is 12.8 Å². The molecular weight excluding hydrogens is 456 g/mol. The maximum atomic E-state index is 13.5. The lowest BCUT2D eigenvalue weighted by Gasteiger charge is -2.34. The predicted molar refractivity (Wildman–Crippen MR) is 150 cm³/mol. The highest BCUT2D eigenvalue weighted by molar-refractivity contribution is 5.99. The molecule has 0 aliphatic carbocycles. The van der Waals surface area contributed by atoms with Gasteiger partial charge in [0, 0.05) is 24.8 Å². The number of hydrogen-bond acceptors (Lipinski definition) is 4. The van der Waals surface area contributed by atoms with Crippen LogP contribution in [0.25, 0.3) is 11.4 Å². The second-order valence-corrected chi connectivity index (χ2v) is 10.0. The van der Waals surface area contributed by atoms with Crippen molar-refractivity contribution < 1.29 is 4.79 Å². The average Bonchev–Trinajstić information content (AvgIpc) is 2.94. The van der Waals surface area contributed by atoms with Crippen LogP contribution >= 0.6 is 0 Å². The van der Waals surface area contributed by atoms with E-state index in [4.69, 9.17) is 4.98 Å². The lowest BCUT2D eigenvalue weighted by Crippen LogP contribution is -2.37. The Kier molecular flexibility index (Phi) is 7.59. The minimum absolute atomic E-state index is 0.116. The zero-order valence-corrected chi connectivity index (χ0v) is 21.6. The fourth-order valence-electron chi connectivity index (χ4n) is 5.09. The smallest absolute Gasteiger partial charge is 0.257 e. The molecule has 1 aliphatic rings. The van der Waals surface area contributed by atoms with Crippen LogP contribution in [0.1, 0.15) is 52.9 Å². The van der Waals surface area contributed by atoms with Gasteiger partial charge in [0.15, 0.2) is 5.82 Å². The van der Waals surface area contributed by atoms with Crippen molar-refractivity contribution in [2.45, 2.75) is 39.2 Å². The van der Waals surface area contributed by atoms with Gasteiger partial charge in [-0.1, -0.05) is 84.4 Å². The van der Waals surface area contributed by atoms with E-state index < -0.39 is 0 Å². The second kappa shape index (κ2) is 11.4. The van der Waals surface area contributed by atoms with Crippen molar-refractivity contribution >= 4 is 11.7 Å². The molecule has 37 heavy (non-hydrogen) atoms. The minimum atomic E-state index is -0.145. The quantitative estimate of drug-likeness (QED) is 0.326. The molecule has 1 saturated heterocycles. The van der Waals surface area contributed by atoms with Crippen molar-refractivity contribution in [2.75, 3.05) is 18.0 Å². The van der Waals surface area contributed by atoms with Gasteiger partial charge in [-0.05, 0) is 56.2 Å². The Hall–Kier alpha value is -3.99. The van der Waals surface area contributed by atoms with E-state index in [1.54, 1.807) is 6.20 Å². The summed E-state index contributed by atoms with van der Waals surface area (Å²) in [5.41, 5.74) is 5.10. The third-order valence-corrected chi connectivity index (χ3v) is 7.22. The molecule has 1 atom stereocenters. The lowest BCUT2D eigenvalue weighted by atomic mass is 9.90. The minimum Gasteiger partial charge on any atom is -0.356 e. The molecule has 3 aromatic carbocycles. The van der Waals surface area contributed by atoms with Crippen LogP contribution in [0.5, 0.6) is 0 Å². The second-order valence-electron chi connectivity index (χ2n) is 10.0. The third kappa shape index (κ3) is 6.05. The number of benzene rings is 3. The number of aromatic nitrogens is 2. The zero-order chi connectivity index (χ0) is 25.6. The SMILES string of the molecule is Cc1cccc(-c2ncc(C(=O)NC(C)c3ccccc3)c(N3CCC(Cc4ccccc4)CC3)n2)c1. The van der Waals surface area contributed by atoms with Gasteiger partial charge in [0.05, 0.1) is 6.04 Å². The number of carbonyl (C=O) groups excluding carboxylic acids is 1. The van der Waals surface area contributed by atoms with E-state index in [-0.39, 0.29) is 11.9 Å². The third-order valence-electron chi connectivity index (χ3n) is 7.22. The van der Waals surface area contributed by atoms with Gasteiger partial charge in [-0.2, -0.15) is 0 Å². The number of nitrogens with zero attached hydrogens (tertiary/aromatic N) is 3. The Morgan fingerprint density at radius 2 is 1.68 bits per heavy atom. The van der Waals surface area contributed by atoms with Gasteiger partial charge in [-0.15, -0.1) is 0 Å². The fraction of sp³-hybridized carbons (Fsp3) is 0.281. The summed E-state index contributed by atoms with van der Waals surface area (Å²) in [5.74, 6) is 1.86. The first kappa shape index (κ1) is 24.7. The monoisotopic (exact) mass is 490 g/mol. The summed E-state index contributed by atoms with van der Waals surface area (Å²) in [6.07, 6.45) is 4.93. The van der Waals surface area contributed by atoms with Crippen LogP contribution in [-0.4, -0.2) is 29.0 Å². The molecule has 1 aromatic heterocycles. The molecule has 1 amide bonds. The first-order chi connectivity index (χ1) is 18.1. The van der Waals surface area contributed by atoms with Gasteiger partial charge >= 0.3 is 0 Å². The summed E-state index contributed by atoms with van der Waals surface area (Å²) >= 11 is 0. The normalized spacial score (nSPS) is 14.8. The Morgan fingerprint density at radius 3 is 2.38 bits per heavy atom. The molecule has 1 unspecified atom stereocenters. The highest BCUT2D eigenvalue weighted by atomic mass is 16.1. The van der Waals surface area contributed by atoms with Gasteiger partial charge in [0.25, 0.3) is 5.91 Å². The molecule has 5 rings (SSSR count). The van der Waals surface area contributed by atoms with Crippen LogP contribution in [0.4, 0.5) is 5.82 Å². The van der Waals surface area contributed by atoms with Gasteiger partial charge in [-0.3, -0.25) is 4.79 Å². The van der Waals surface area contributed by atoms with E-state index >= 15 is 0 Å². The van der Waals surface area contributed by atoms with Crippen LogP contribution in [0.2, 0.25) is 0 Å². The van der Waals surface area contributed by atoms with Crippen LogP contribution in [0.3, 0.4) is 0 Å². The molecule has 0 spiro atoms. The standard InChI is InChI=1S/C32H34N4O/c1-23-10-9-15-28(20-23)30-33-22-29(32(37)34-24(2)27-13-7-4-8-14-27)31(35-30)36-18-16-26(17-19-36)21-25-11-5-3-6-12-25/h3-15,20,22,24,26H,16-19,21H2,1-2H3,(H,34,37). The summed E-state index contributed by atoms with van der Waals surface area (Å²) in [7, 11) is 0. The number of anilines is 1. The van der Waals surface area contributed by atoms with Crippen molar-refractivity contribution in [2.24, 2.45) is 5.92 Å². The summed E-state index contributed by atoms with van der Waals surface area (Å²) in [4.78, 5) is 25.3. The Balaban J connectivity index is 1.39. The summed E-state index contributed by atoms with van der Waals surface area (Å²) < 4.78 is 0. The van der Waals surface area contributed by atoms with Crippen LogP contribution < -0.4 is 10.2 Å².